The van der Waals surface area contributed by atoms with Gasteiger partial charge in [-0.05, 0) is 66.7 Å². The Morgan fingerprint density at radius 3 is 2.21 bits per heavy atom. The molecule has 0 spiro atoms. The highest BCUT2D eigenvalue weighted by atomic mass is 35.5. The lowest BCUT2D eigenvalue weighted by atomic mass is 10.2. The molecule has 12 heteroatoms. The minimum Gasteiger partial charge on any atom is -0.497 e. The molecule has 0 fully saturated rings. The third-order valence-electron chi connectivity index (χ3n) is 4.60. The molecule has 3 rings (SSSR count). The topological polar surface area (TPSA) is 75.7 Å². The van der Waals surface area contributed by atoms with Gasteiger partial charge in [0.1, 0.15) is 18.1 Å². The number of rotatable bonds is 7. The van der Waals surface area contributed by atoms with Gasteiger partial charge in [-0.2, -0.15) is 13.2 Å². The van der Waals surface area contributed by atoms with E-state index in [-0.39, 0.29) is 16.3 Å². The predicted molar refractivity (Wildman–Crippen MR) is 119 cm³/mol. The fraction of sp³-hybridized carbons (Fsp3) is 0.136. The molecule has 0 saturated heterocycles. The summed E-state index contributed by atoms with van der Waals surface area (Å²) in [5.41, 5.74) is -1.42. The summed E-state index contributed by atoms with van der Waals surface area (Å²) in [6.07, 6.45) is -4.75. The lowest BCUT2D eigenvalue weighted by molar-refractivity contribution is -0.137. The van der Waals surface area contributed by atoms with E-state index < -0.39 is 45.1 Å². The number of hydrogen-bond acceptors (Lipinski definition) is 4. The van der Waals surface area contributed by atoms with Crippen LogP contribution in [0.25, 0.3) is 0 Å². The smallest absolute Gasteiger partial charge is 0.417 e. The van der Waals surface area contributed by atoms with Crippen molar-refractivity contribution < 1.29 is 35.5 Å². The van der Waals surface area contributed by atoms with E-state index >= 15 is 0 Å². The Balaban J connectivity index is 1.93. The molecule has 0 saturated carbocycles. The minimum absolute atomic E-state index is 0.0283. The number of carbonyl (C=O) groups is 1. The molecule has 0 atom stereocenters. The first-order valence-corrected chi connectivity index (χ1v) is 11.3. The maximum atomic E-state index is 13.4. The van der Waals surface area contributed by atoms with Crippen LogP contribution in [0, 0.1) is 5.82 Å². The summed E-state index contributed by atoms with van der Waals surface area (Å²) in [4.78, 5) is 12.5. The summed E-state index contributed by atoms with van der Waals surface area (Å²) in [6.45, 7) is -0.802. The normalized spacial score (nSPS) is 11.7. The molecular weight excluding hydrogens is 500 g/mol. The Kier molecular flexibility index (Phi) is 7.37. The predicted octanol–water partition coefficient (Wildman–Crippen LogP) is 5.34. The number of halogens is 5. The van der Waals surface area contributed by atoms with Crippen molar-refractivity contribution in [2.45, 2.75) is 11.1 Å². The molecule has 1 amide bonds. The van der Waals surface area contributed by atoms with Crippen LogP contribution in [0.2, 0.25) is 5.02 Å². The number of amides is 1. The molecule has 0 radical (unpaired) electrons. The Bertz CT molecular complexity index is 1280. The maximum absolute atomic E-state index is 13.4. The molecule has 0 unspecified atom stereocenters. The highest BCUT2D eigenvalue weighted by Gasteiger charge is 2.34. The van der Waals surface area contributed by atoms with Crippen molar-refractivity contribution in [3.05, 3.63) is 83.1 Å². The van der Waals surface area contributed by atoms with Crippen molar-refractivity contribution in [2.24, 2.45) is 0 Å². The van der Waals surface area contributed by atoms with Crippen LogP contribution in [0.1, 0.15) is 5.56 Å². The zero-order valence-electron chi connectivity index (χ0n) is 17.4. The van der Waals surface area contributed by atoms with E-state index in [1.54, 1.807) is 0 Å². The van der Waals surface area contributed by atoms with E-state index in [9.17, 15) is 30.8 Å². The van der Waals surface area contributed by atoms with Crippen molar-refractivity contribution in [3.63, 3.8) is 0 Å². The molecule has 3 aromatic carbocycles. The van der Waals surface area contributed by atoms with Crippen molar-refractivity contribution in [1.29, 1.82) is 0 Å². The number of alkyl halides is 3. The highest BCUT2D eigenvalue weighted by Crippen LogP contribution is 2.36. The summed E-state index contributed by atoms with van der Waals surface area (Å²) in [7, 11) is -2.92. The number of hydrogen-bond donors (Lipinski definition) is 1. The molecule has 0 bridgehead atoms. The number of ether oxygens (including phenoxy) is 1. The van der Waals surface area contributed by atoms with E-state index in [0.717, 1.165) is 36.4 Å². The molecule has 3 aromatic rings. The van der Waals surface area contributed by atoms with Gasteiger partial charge >= 0.3 is 6.18 Å². The largest absolute Gasteiger partial charge is 0.497 e. The van der Waals surface area contributed by atoms with Crippen LogP contribution >= 0.6 is 11.6 Å². The third kappa shape index (κ3) is 5.78. The highest BCUT2D eigenvalue weighted by molar-refractivity contribution is 7.92. The van der Waals surface area contributed by atoms with Gasteiger partial charge in [0, 0.05) is 5.69 Å². The summed E-state index contributed by atoms with van der Waals surface area (Å²) in [5.74, 6) is -1.17. The average Bonchev–Trinajstić information content (AvgIpc) is 2.78. The van der Waals surface area contributed by atoms with E-state index in [1.807, 2.05) is 0 Å². The van der Waals surface area contributed by atoms with Crippen molar-refractivity contribution in [1.82, 2.24) is 0 Å². The van der Waals surface area contributed by atoms with Crippen molar-refractivity contribution in [2.75, 3.05) is 23.3 Å². The molecule has 1 N–H and O–H groups in total. The molecule has 0 heterocycles. The number of anilines is 2. The Labute approximate surface area is 197 Å². The summed E-state index contributed by atoms with van der Waals surface area (Å²) < 4.78 is 85.0. The number of sulfonamides is 1. The number of carbonyl (C=O) groups excluding carboxylic acids is 1. The Morgan fingerprint density at radius 2 is 1.65 bits per heavy atom. The number of nitrogens with one attached hydrogen (secondary N) is 1. The van der Waals surface area contributed by atoms with Crippen LogP contribution in [0.5, 0.6) is 5.75 Å². The van der Waals surface area contributed by atoms with Gasteiger partial charge in [-0.3, -0.25) is 9.10 Å². The quantitative estimate of drug-likeness (QED) is 0.430. The standard InChI is InChI=1S/C22H17ClF4N2O4S/c1-33-17-7-9-18(10-8-17)34(31,32)29(16-5-2-14(24)3-6-16)13-21(30)28-15-4-11-20(23)19(12-15)22(25,26)27/h2-12H,13H2,1H3,(H,28,30). The molecule has 34 heavy (non-hydrogen) atoms. The zero-order valence-corrected chi connectivity index (χ0v) is 19.0. The Hall–Kier alpha value is -3.31. The first kappa shape index (κ1) is 25.3. The number of methoxy groups -OCH3 is 1. The van der Waals surface area contributed by atoms with E-state index in [1.165, 1.54) is 31.4 Å². The number of benzene rings is 3. The van der Waals surface area contributed by atoms with Gasteiger partial charge in [0.2, 0.25) is 5.91 Å². The molecular formula is C22H17ClF4N2O4S. The average molecular weight is 517 g/mol. The van der Waals surface area contributed by atoms with Gasteiger partial charge < -0.3 is 10.1 Å². The van der Waals surface area contributed by atoms with Crippen LogP contribution in [-0.4, -0.2) is 28.0 Å². The first-order valence-electron chi connectivity index (χ1n) is 9.51. The van der Waals surface area contributed by atoms with Crippen LogP contribution < -0.4 is 14.4 Å². The second kappa shape index (κ2) is 9.90. The van der Waals surface area contributed by atoms with Crippen molar-refractivity contribution in [3.8, 4) is 5.75 Å². The van der Waals surface area contributed by atoms with E-state index in [0.29, 0.717) is 16.1 Å². The van der Waals surface area contributed by atoms with E-state index in [4.69, 9.17) is 16.3 Å². The lowest BCUT2D eigenvalue weighted by Crippen LogP contribution is -2.38. The van der Waals surface area contributed by atoms with Crippen molar-refractivity contribution >= 4 is 38.9 Å². The summed E-state index contributed by atoms with van der Waals surface area (Å²) in [6, 6.07) is 12.4. The number of nitrogens with zero attached hydrogens (tertiary/aromatic N) is 1. The molecule has 180 valence electrons. The van der Waals surface area contributed by atoms with Gasteiger partial charge in [0.15, 0.2) is 0 Å². The van der Waals surface area contributed by atoms with Crippen LogP contribution in [0.15, 0.2) is 71.6 Å². The molecule has 0 aromatic heterocycles. The second-order valence-electron chi connectivity index (χ2n) is 6.90. The van der Waals surface area contributed by atoms with Gasteiger partial charge in [0.25, 0.3) is 10.0 Å². The lowest BCUT2D eigenvalue weighted by Gasteiger charge is -2.24. The van der Waals surface area contributed by atoms with Crippen LogP contribution in [-0.2, 0) is 21.0 Å². The summed E-state index contributed by atoms with van der Waals surface area (Å²) >= 11 is 5.58. The maximum Gasteiger partial charge on any atom is 0.417 e. The minimum atomic E-state index is -4.75. The molecule has 0 aliphatic heterocycles. The second-order valence-corrected chi connectivity index (χ2v) is 9.17. The fourth-order valence-electron chi connectivity index (χ4n) is 2.95. The van der Waals surface area contributed by atoms with Gasteiger partial charge in [-0.25, -0.2) is 12.8 Å². The molecule has 0 aliphatic rings. The summed E-state index contributed by atoms with van der Waals surface area (Å²) in [5, 5.41) is 1.68. The van der Waals surface area contributed by atoms with Crippen LogP contribution in [0.3, 0.4) is 0 Å². The van der Waals surface area contributed by atoms with Gasteiger partial charge in [0.05, 0.1) is 28.3 Å². The first-order chi connectivity index (χ1) is 15.9. The molecule has 0 aliphatic carbocycles. The SMILES string of the molecule is COc1ccc(S(=O)(=O)N(CC(=O)Nc2ccc(Cl)c(C(F)(F)F)c2)c2ccc(F)cc2)cc1. The van der Waals surface area contributed by atoms with Gasteiger partial charge in [-0.15, -0.1) is 0 Å². The third-order valence-corrected chi connectivity index (χ3v) is 6.72. The van der Waals surface area contributed by atoms with Crippen LogP contribution in [0.4, 0.5) is 28.9 Å². The fourth-order valence-corrected chi connectivity index (χ4v) is 4.59. The molecule has 6 nitrogen and oxygen atoms in total. The zero-order chi connectivity index (χ0) is 25.1. The monoisotopic (exact) mass is 516 g/mol. The Morgan fingerprint density at radius 1 is 1.03 bits per heavy atom. The van der Waals surface area contributed by atoms with Gasteiger partial charge in [-0.1, -0.05) is 11.6 Å². The van der Waals surface area contributed by atoms with E-state index in [2.05, 4.69) is 5.32 Å².